The normalized spacial score (nSPS) is 10.6. The van der Waals surface area contributed by atoms with Crippen LogP contribution in [-0.2, 0) is 14.3 Å². The van der Waals surface area contributed by atoms with E-state index in [1.165, 1.54) is 6.92 Å². The van der Waals surface area contributed by atoms with Gasteiger partial charge in [0.1, 0.15) is 6.61 Å². The highest BCUT2D eigenvalue weighted by Gasteiger charge is 1.98. The Bertz CT molecular complexity index is 146. The molecule has 0 aliphatic rings. The van der Waals surface area contributed by atoms with Gasteiger partial charge in [0.25, 0.3) is 0 Å². The van der Waals surface area contributed by atoms with Crippen LogP contribution in [0.4, 0.5) is 0 Å². The Balaban J connectivity index is 3.16. The summed E-state index contributed by atoms with van der Waals surface area (Å²) in [6, 6.07) is 0. The summed E-state index contributed by atoms with van der Waals surface area (Å²) >= 11 is 0. The number of hydrogen-bond donors (Lipinski definition) is 0. The van der Waals surface area contributed by atoms with Gasteiger partial charge in [0.15, 0.2) is 0 Å². The monoisotopic (exact) mass is 203 g/mol. The van der Waals surface area contributed by atoms with Crippen molar-refractivity contribution in [2.75, 3.05) is 39.5 Å². The summed E-state index contributed by atoms with van der Waals surface area (Å²) in [5, 5.41) is 0. The largest absolute Gasteiger partial charge is 0.463 e. The van der Waals surface area contributed by atoms with Gasteiger partial charge in [-0.05, 0) is 13.1 Å². The number of carbonyl (C=O) groups excluding carboxylic acids is 1. The molecule has 0 radical (unpaired) electrons. The van der Waals surface area contributed by atoms with E-state index in [4.69, 9.17) is 9.47 Å². The summed E-state index contributed by atoms with van der Waals surface area (Å²) < 4.78 is 10.0. The molecule has 4 nitrogen and oxygen atoms in total. The lowest BCUT2D eigenvalue weighted by molar-refractivity contribution is -0.142. The highest BCUT2D eigenvalue weighted by atomic mass is 16.6. The van der Waals surface area contributed by atoms with E-state index in [1.807, 2.05) is 0 Å². The molecule has 0 aromatic heterocycles. The Labute approximate surface area is 86.2 Å². The topological polar surface area (TPSA) is 38.8 Å². The standard InChI is InChI=1S/C10H21NO3/c1-4-11(5-2)6-7-13-8-9-14-10(3)12/h4-9H2,1-3H3. The molecule has 0 spiro atoms. The molecular formula is C10H21NO3. The van der Waals surface area contributed by atoms with Crippen LogP contribution in [0, 0.1) is 0 Å². The summed E-state index contributed by atoms with van der Waals surface area (Å²) in [5.41, 5.74) is 0. The third-order valence-corrected chi connectivity index (χ3v) is 1.98. The van der Waals surface area contributed by atoms with Crippen LogP contribution in [0.1, 0.15) is 20.8 Å². The number of esters is 1. The van der Waals surface area contributed by atoms with E-state index >= 15 is 0 Å². The number of carbonyl (C=O) groups is 1. The summed E-state index contributed by atoms with van der Waals surface area (Å²) in [4.78, 5) is 12.7. The molecule has 0 aliphatic carbocycles. The minimum absolute atomic E-state index is 0.252. The first-order valence-electron chi connectivity index (χ1n) is 5.14. The molecule has 0 aromatic carbocycles. The van der Waals surface area contributed by atoms with Crippen molar-refractivity contribution < 1.29 is 14.3 Å². The van der Waals surface area contributed by atoms with Gasteiger partial charge in [0.05, 0.1) is 13.2 Å². The fourth-order valence-electron chi connectivity index (χ4n) is 1.08. The molecule has 0 N–H and O–H groups in total. The van der Waals surface area contributed by atoms with Gasteiger partial charge >= 0.3 is 5.97 Å². The highest BCUT2D eigenvalue weighted by Crippen LogP contribution is 1.87. The summed E-state index contributed by atoms with van der Waals surface area (Å²) in [6.45, 7) is 10.2. The van der Waals surface area contributed by atoms with Crippen molar-refractivity contribution in [2.45, 2.75) is 20.8 Å². The van der Waals surface area contributed by atoms with E-state index in [0.717, 1.165) is 19.6 Å². The molecule has 0 rings (SSSR count). The second-order valence-corrected chi connectivity index (χ2v) is 2.98. The molecular weight excluding hydrogens is 182 g/mol. The third kappa shape index (κ3) is 8.01. The maximum absolute atomic E-state index is 10.4. The minimum Gasteiger partial charge on any atom is -0.463 e. The van der Waals surface area contributed by atoms with Crippen LogP contribution in [0.2, 0.25) is 0 Å². The molecule has 0 aliphatic heterocycles. The van der Waals surface area contributed by atoms with Gasteiger partial charge in [-0.15, -0.1) is 0 Å². The molecule has 0 unspecified atom stereocenters. The SMILES string of the molecule is CCN(CC)CCOCCOC(C)=O. The van der Waals surface area contributed by atoms with Gasteiger partial charge in [-0.3, -0.25) is 4.79 Å². The predicted octanol–water partition coefficient (Wildman–Crippen LogP) is 0.908. The van der Waals surface area contributed by atoms with Crippen LogP contribution in [-0.4, -0.2) is 50.3 Å². The first-order valence-corrected chi connectivity index (χ1v) is 5.14. The Morgan fingerprint density at radius 1 is 1.14 bits per heavy atom. The Morgan fingerprint density at radius 2 is 1.79 bits per heavy atom. The Morgan fingerprint density at radius 3 is 2.29 bits per heavy atom. The van der Waals surface area contributed by atoms with E-state index in [1.54, 1.807) is 0 Å². The molecule has 4 heteroatoms. The van der Waals surface area contributed by atoms with Crippen molar-refractivity contribution in [3.63, 3.8) is 0 Å². The van der Waals surface area contributed by atoms with Crippen LogP contribution < -0.4 is 0 Å². The zero-order valence-corrected chi connectivity index (χ0v) is 9.41. The molecule has 0 fully saturated rings. The maximum atomic E-state index is 10.4. The fourth-order valence-corrected chi connectivity index (χ4v) is 1.08. The van der Waals surface area contributed by atoms with Gasteiger partial charge in [-0.25, -0.2) is 0 Å². The number of ether oxygens (including phenoxy) is 2. The summed E-state index contributed by atoms with van der Waals surface area (Å²) in [7, 11) is 0. The van der Waals surface area contributed by atoms with E-state index in [0.29, 0.717) is 19.8 Å². The molecule has 14 heavy (non-hydrogen) atoms. The van der Waals surface area contributed by atoms with Gasteiger partial charge in [-0.2, -0.15) is 0 Å². The zero-order valence-electron chi connectivity index (χ0n) is 9.41. The third-order valence-electron chi connectivity index (χ3n) is 1.98. The van der Waals surface area contributed by atoms with Gasteiger partial charge in [-0.1, -0.05) is 13.8 Å². The molecule has 0 atom stereocenters. The lowest BCUT2D eigenvalue weighted by Gasteiger charge is -2.17. The fraction of sp³-hybridized carbons (Fsp3) is 0.900. The van der Waals surface area contributed by atoms with Crippen molar-refractivity contribution in [1.29, 1.82) is 0 Å². The first-order chi connectivity index (χ1) is 6.70. The highest BCUT2D eigenvalue weighted by molar-refractivity contribution is 5.65. The predicted molar refractivity (Wildman–Crippen MR) is 55.2 cm³/mol. The molecule has 0 amide bonds. The van der Waals surface area contributed by atoms with Crippen LogP contribution in [0.5, 0.6) is 0 Å². The van der Waals surface area contributed by atoms with E-state index in [-0.39, 0.29) is 5.97 Å². The van der Waals surface area contributed by atoms with Crippen LogP contribution in [0.25, 0.3) is 0 Å². The van der Waals surface area contributed by atoms with Crippen LogP contribution in [0.3, 0.4) is 0 Å². The molecule has 84 valence electrons. The second kappa shape index (κ2) is 8.97. The van der Waals surface area contributed by atoms with Crippen molar-refractivity contribution in [2.24, 2.45) is 0 Å². The first kappa shape index (κ1) is 13.4. The van der Waals surface area contributed by atoms with Crippen LogP contribution in [0.15, 0.2) is 0 Å². The van der Waals surface area contributed by atoms with Gasteiger partial charge in [0.2, 0.25) is 0 Å². The average Bonchev–Trinajstić information content (AvgIpc) is 2.16. The minimum atomic E-state index is -0.252. The van der Waals surface area contributed by atoms with Crippen LogP contribution >= 0.6 is 0 Å². The lowest BCUT2D eigenvalue weighted by Crippen LogP contribution is -2.27. The smallest absolute Gasteiger partial charge is 0.302 e. The van der Waals surface area contributed by atoms with Crippen molar-refractivity contribution in [3.8, 4) is 0 Å². The summed E-state index contributed by atoms with van der Waals surface area (Å²) in [5.74, 6) is -0.252. The molecule has 0 saturated heterocycles. The van der Waals surface area contributed by atoms with E-state index < -0.39 is 0 Å². The quantitative estimate of drug-likeness (QED) is 0.434. The van der Waals surface area contributed by atoms with Gasteiger partial charge < -0.3 is 14.4 Å². The lowest BCUT2D eigenvalue weighted by atomic mass is 10.5. The average molecular weight is 203 g/mol. The molecule has 0 heterocycles. The number of likely N-dealkylation sites (N-methyl/N-ethyl adjacent to an activating group) is 1. The zero-order chi connectivity index (χ0) is 10.8. The van der Waals surface area contributed by atoms with Crippen molar-refractivity contribution >= 4 is 5.97 Å². The maximum Gasteiger partial charge on any atom is 0.302 e. The number of nitrogens with zero attached hydrogens (tertiary/aromatic N) is 1. The molecule has 0 saturated carbocycles. The van der Waals surface area contributed by atoms with Crippen molar-refractivity contribution in [1.82, 2.24) is 4.90 Å². The Hall–Kier alpha value is -0.610. The number of rotatable bonds is 8. The number of hydrogen-bond acceptors (Lipinski definition) is 4. The summed E-state index contributed by atoms with van der Waals surface area (Å²) in [6.07, 6.45) is 0. The second-order valence-electron chi connectivity index (χ2n) is 2.98. The van der Waals surface area contributed by atoms with E-state index in [2.05, 4.69) is 18.7 Å². The van der Waals surface area contributed by atoms with E-state index in [9.17, 15) is 4.79 Å². The molecule has 0 bridgehead atoms. The van der Waals surface area contributed by atoms with Crippen molar-refractivity contribution in [3.05, 3.63) is 0 Å². The molecule has 0 aromatic rings. The Kier molecular flexibility index (Phi) is 8.57. The van der Waals surface area contributed by atoms with Gasteiger partial charge in [0, 0.05) is 13.5 Å².